The Morgan fingerprint density at radius 3 is 2.10 bits per heavy atom. The van der Waals surface area contributed by atoms with E-state index >= 15 is 0 Å². The summed E-state index contributed by atoms with van der Waals surface area (Å²) in [5, 5.41) is 34.6. The zero-order valence-electron chi connectivity index (χ0n) is 21.4. The summed E-state index contributed by atoms with van der Waals surface area (Å²) in [6, 6.07) is 16.2. The van der Waals surface area contributed by atoms with E-state index in [2.05, 4.69) is 32.7 Å². The van der Waals surface area contributed by atoms with Crippen LogP contribution in [0.15, 0.2) is 67.3 Å². The van der Waals surface area contributed by atoms with E-state index in [4.69, 9.17) is 36.8 Å². The normalized spacial score (nSPS) is 11.0. The van der Waals surface area contributed by atoms with E-state index in [-0.39, 0.29) is 0 Å². The van der Waals surface area contributed by atoms with Crippen LogP contribution < -0.4 is 4.74 Å². The number of aliphatic hydroxyl groups is 1. The van der Waals surface area contributed by atoms with E-state index in [1.165, 1.54) is 5.56 Å². The molecule has 0 spiro atoms. The number of nitrogens with zero attached hydrogens (tertiary/aromatic N) is 3. The van der Waals surface area contributed by atoms with Crippen LogP contribution in [0.3, 0.4) is 0 Å². The Morgan fingerprint density at radius 1 is 0.974 bits per heavy atom. The molecule has 0 saturated heterocycles. The first-order valence-electron chi connectivity index (χ1n) is 12.0. The van der Waals surface area contributed by atoms with Crippen molar-refractivity contribution in [2.45, 2.75) is 44.5 Å². The molecule has 0 saturated carbocycles. The predicted molar refractivity (Wildman–Crippen MR) is 142 cm³/mol. The van der Waals surface area contributed by atoms with Crippen LogP contribution in [-0.4, -0.2) is 72.0 Å². The number of carboxylic acids is 3. The number of rotatable bonds is 14. The fraction of sp³-hybridized carbons (Fsp3) is 0.333. The Balaban J connectivity index is 0.000000349. The summed E-state index contributed by atoms with van der Waals surface area (Å²) in [5.41, 5.74) is -0.408. The average Bonchev–Trinajstić information content (AvgIpc) is 3.38. The molecule has 4 N–H and O–H groups in total. The molecule has 3 rings (SSSR count). The van der Waals surface area contributed by atoms with Crippen LogP contribution in [-0.2, 0) is 34.0 Å². The van der Waals surface area contributed by atoms with E-state index in [0.717, 1.165) is 48.9 Å². The van der Waals surface area contributed by atoms with Crippen LogP contribution in [0, 0.1) is 0 Å². The molecule has 12 heteroatoms. The zero-order chi connectivity index (χ0) is 28.8. The number of ether oxygens (including phenoxy) is 1. The number of aliphatic carboxylic acids is 3. The lowest BCUT2D eigenvalue weighted by atomic mass is 9.96. The molecule has 0 aliphatic rings. The summed E-state index contributed by atoms with van der Waals surface area (Å²) in [4.78, 5) is 37.0. The van der Waals surface area contributed by atoms with Crippen molar-refractivity contribution in [3.05, 3.63) is 83.4 Å². The van der Waals surface area contributed by atoms with Gasteiger partial charge in [0.25, 0.3) is 0 Å². The summed E-state index contributed by atoms with van der Waals surface area (Å²) >= 11 is 6.38. The first-order valence-corrected chi connectivity index (χ1v) is 12.3. The van der Waals surface area contributed by atoms with E-state index < -0.39 is 36.4 Å². The average molecular weight is 562 g/mol. The molecule has 0 aliphatic heterocycles. The third-order valence-electron chi connectivity index (χ3n) is 5.67. The number of para-hydroxylation sites is 1. The number of carbonyl (C=O) groups is 3. The van der Waals surface area contributed by atoms with Crippen molar-refractivity contribution in [3.63, 3.8) is 0 Å². The highest BCUT2D eigenvalue weighted by atomic mass is 35.5. The number of imidazole rings is 1. The van der Waals surface area contributed by atoms with Gasteiger partial charge in [0.05, 0.1) is 26.3 Å². The summed E-state index contributed by atoms with van der Waals surface area (Å²) < 4.78 is 7.63. The maximum Gasteiger partial charge on any atom is 0.336 e. The molecule has 0 atom stereocenters. The Morgan fingerprint density at radius 2 is 1.56 bits per heavy atom. The van der Waals surface area contributed by atoms with Gasteiger partial charge in [-0.3, -0.25) is 14.5 Å². The molecule has 0 fully saturated rings. The molecule has 39 heavy (non-hydrogen) atoms. The Labute approximate surface area is 230 Å². The minimum absolute atomic E-state index is 0.807. The lowest BCUT2D eigenvalue weighted by molar-refractivity contribution is -0.170. The van der Waals surface area contributed by atoms with Gasteiger partial charge in [0.15, 0.2) is 5.60 Å². The predicted octanol–water partition coefficient (Wildman–Crippen LogP) is 3.39. The molecule has 2 aromatic carbocycles. The minimum atomic E-state index is -2.74. The van der Waals surface area contributed by atoms with Gasteiger partial charge in [-0.15, -0.1) is 0 Å². The van der Waals surface area contributed by atoms with Crippen molar-refractivity contribution in [1.29, 1.82) is 0 Å². The highest BCUT2D eigenvalue weighted by Crippen LogP contribution is 2.23. The number of aromatic nitrogens is 2. The second kappa shape index (κ2) is 15.5. The first kappa shape index (κ1) is 31.3. The maximum atomic E-state index is 10.3. The molecule has 0 aliphatic carbocycles. The third kappa shape index (κ3) is 10.8. The molecular weight excluding hydrogens is 530 g/mol. The van der Waals surface area contributed by atoms with Gasteiger partial charge in [0.1, 0.15) is 5.75 Å². The molecule has 0 bridgehead atoms. The number of methoxy groups -OCH3 is 1. The number of hydrogen-bond acceptors (Lipinski definition) is 7. The van der Waals surface area contributed by atoms with Gasteiger partial charge in [-0.25, -0.2) is 9.78 Å². The number of benzene rings is 2. The van der Waals surface area contributed by atoms with Crippen LogP contribution in [0.25, 0.3) is 0 Å². The molecule has 210 valence electrons. The highest BCUT2D eigenvalue weighted by Gasteiger charge is 2.40. The van der Waals surface area contributed by atoms with E-state index in [1.807, 2.05) is 49.1 Å². The van der Waals surface area contributed by atoms with Crippen molar-refractivity contribution in [1.82, 2.24) is 14.5 Å². The van der Waals surface area contributed by atoms with Gasteiger partial charge in [-0.05, 0) is 24.1 Å². The highest BCUT2D eigenvalue weighted by molar-refractivity contribution is 6.31. The SMILES string of the molecule is COc1ccccc1CN(CCCn1ccnc1)Cc1ccccc1Cl.O=C(O)CC(O)(CC(=O)O)C(=O)O. The van der Waals surface area contributed by atoms with Gasteiger partial charge < -0.3 is 29.7 Å². The minimum Gasteiger partial charge on any atom is -0.496 e. The second-order valence-electron chi connectivity index (χ2n) is 8.75. The third-order valence-corrected chi connectivity index (χ3v) is 6.04. The van der Waals surface area contributed by atoms with Crippen molar-refractivity contribution in [2.75, 3.05) is 13.7 Å². The maximum absolute atomic E-state index is 10.3. The molecular formula is C27H32ClN3O8. The van der Waals surface area contributed by atoms with Gasteiger partial charge in [0, 0.05) is 49.2 Å². The smallest absolute Gasteiger partial charge is 0.336 e. The van der Waals surface area contributed by atoms with Gasteiger partial charge in [-0.2, -0.15) is 0 Å². The molecule has 0 amide bonds. The van der Waals surface area contributed by atoms with Crippen molar-refractivity contribution >= 4 is 29.5 Å². The van der Waals surface area contributed by atoms with Crippen LogP contribution in [0.4, 0.5) is 0 Å². The van der Waals surface area contributed by atoms with E-state index in [1.54, 1.807) is 7.11 Å². The lowest BCUT2D eigenvalue weighted by Crippen LogP contribution is -2.42. The number of carboxylic acid groups (broad SMARTS) is 3. The van der Waals surface area contributed by atoms with Crippen molar-refractivity contribution in [3.8, 4) is 5.75 Å². The number of aryl methyl sites for hydroxylation is 1. The second-order valence-corrected chi connectivity index (χ2v) is 9.15. The number of hydrogen-bond donors (Lipinski definition) is 4. The largest absolute Gasteiger partial charge is 0.496 e. The van der Waals surface area contributed by atoms with Crippen molar-refractivity contribution < 1.29 is 39.5 Å². The summed E-state index contributed by atoms with van der Waals surface area (Å²) in [6.45, 7) is 3.53. The fourth-order valence-electron chi connectivity index (χ4n) is 3.77. The quantitative estimate of drug-likeness (QED) is 0.229. The number of halogens is 1. The Bertz CT molecular complexity index is 1200. The summed E-state index contributed by atoms with van der Waals surface area (Å²) in [6.07, 6.45) is 4.42. The van der Waals surface area contributed by atoms with Crippen LogP contribution in [0.2, 0.25) is 5.02 Å². The Kier molecular flexibility index (Phi) is 12.4. The summed E-state index contributed by atoms with van der Waals surface area (Å²) in [7, 11) is 1.72. The molecule has 0 unspecified atom stereocenters. The van der Waals surface area contributed by atoms with Gasteiger partial charge in [0.2, 0.25) is 0 Å². The van der Waals surface area contributed by atoms with Crippen LogP contribution in [0.1, 0.15) is 30.4 Å². The zero-order valence-corrected chi connectivity index (χ0v) is 22.2. The lowest BCUT2D eigenvalue weighted by Gasteiger charge is -2.24. The van der Waals surface area contributed by atoms with Gasteiger partial charge >= 0.3 is 17.9 Å². The summed E-state index contributed by atoms with van der Waals surface area (Å²) in [5.74, 6) is -4.10. The molecule has 1 aromatic heterocycles. The van der Waals surface area contributed by atoms with Crippen LogP contribution >= 0.6 is 11.6 Å². The standard InChI is InChI=1S/C21H24ClN3O.C6H8O7/c1-26-21-10-5-3-8-19(21)16-25(13-6-12-24-14-11-23-17-24)15-18-7-2-4-9-20(18)22;7-3(8)1-6(13,5(11)12)2-4(9)10/h2-5,7-11,14,17H,6,12-13,15-16H2,1H3;13H,1-2H2,(H,7,8)(H,9,10)(H,11,12). The first-order chi connectivity index (χ1) is 18.5. The van der Waals surface area contributed by atoms with Crippen molar-refractivity contribution in [2.24, 2.45) is 0 Å². The molecule has 0 radical (unpaired) electrons. The van der Waals surface area contributed by atoms with Gasteiger partial charge in [-0.1, -0.05) is 48.0 Å². The Hall–Kier alpha value is -3.93. The monoisotopic (exact) mass is 561 g/mol. The van der Waals surface area contributed by atoms with E-state index in [0.29, 0.717) is 0 Å². The van der Waals surface area contributed by atoms with E-state index in [9.17, 15) is 14.4 Å². The molecule has 1 heterocycles. The van der Waals surface area contributed by atoms with Crippen LogP contribution in [0.5, 0.6) is 5.75 Å². The topological polar surface area (TPSA) is 162 Å². The fourth-order valence-corrected chi connectivity index (χ4v) is 3.96. The molecule has 11 nitrogen and oxygen atoms in total. The molecule has 3 aromatic rings.